The second kappa shape index (κ2) is 4.94. The number of nitrogens with one attached hydrogen (secondary N) is 1. The molecule has 0 spiro atoms. The Hall–Kier alpha value is -1.62. The summed E-state index contributed by atoms with van der Waals surface area (Å²) in [5, 5.41) is 6.41. The fourth-order valence-electron chi connectivity index (χ4n) is 1.41. The van der Waals surface area contributed by atoms with Crippen LogP contribution in [0.15, 0.2) is 29.9 Å². The maximum Gasteiger partial charge on any atom is 0.126 e. The topological polar surface area (TPSA) is 63.8 Å². The van der Waals surface area contributed by atoms with Gasteiger partial charge in [-0.15, -0.1) is 11.3 Å². The third-order valence-corrected chi connectivity index (χ3v) is 3.16. The fourth-order valence-corrected chi connectivity index (χ4v) is 2.19. The van der Waals surface area contributed by atoms with Crippen LogP contribution in [0.4, 0.5) is 11.5 Å². The van der Waals surface area contributed by atoms with Crippen LogP contribution in [0.2, 0.25) is 0 Å². The van der Waals surface area contributed by atoms with E-state index in [-0.39, 0.29) is 6.04 Å². The Morgan fingerprint density at radius 2 is 2.31 bits per heavy atom. The molecule has 0 fully saturated rings. The quantitative estimate of drug-likeness (QED) is 0.853. The summed E-state index contributed by atoms with van der Waals surface area (Å²) in [6, 6.07) is 3.94. The summed E-state index contributed by atoms with van der Waals surface area (Å²) in [6.07, 6.45) is 4.44. The van der Waals surface area contributed by atoms with E-state index in [1.54, 1.807) is 17.5 Å². The molecular formula is C11H14N4S. The molecular weight excluding hydrogens is 220 g/mol. The Bertz CT molecular complexity index is 424. The molecule has 0 aromatic carbocycles. The standard InChI is InChI=1S/C11H14N4S/c1-2-9(11-13-5-6-16-11)15-10-4-3-8(12)7-14-10/h3-7,9H,2,12H2,1H3,(H,14,15). The molecule has 5 heteroatoms. The molecule has 2 aromatic rings. The van der Waals surface area contributed by atoms with Crippen LogP contribution < -0.4 is 11.1 Å². The number of thiazole rings is 1. The fraction of sp³-hybridized carbons (Fsp3) is 0.273. The maximum atomic E-state index is 5.58. The Kier molecular flexibility index (Phi) is 3.36. The second-order valence-corrected chi connectivity index (χ2v) is 4.38. The van der Waals surface area contributed by atoms with Crippen molar-refractivity contribution < 1.29 is 0 Å². The molecule has 0 saturated carbocycles. The molecule has 0 radical (unpaired) electrons. The van der Waals surface area contributed by atoms with E-state index in [1.807, 2.05) is 23.7 Å². The van der Waals surface area contributed by atoms with Gasteiger partial charge in [0.1, 0.15) is 10.8 Å². The van der Waals surface area contributed by atoms with Crippen molar-refractivity contribution in [1.82, 2.24) is 9.97 Å². The number of rotatable bonds is 4. The largest absolute Gasteiger partial charge is 0.397 e. The first-order chi connectivity index (χ1) is 7.79. The molecule has 0 aliphatic rings. The van der Waals surface area contributed by atoms with E-state index in [2.05, 4.69) is 22.2 Å². The van der Waals surface area contributed by atoms with Crippen molar-refractivity contribution in [2.45, 2.75) is 19.4 Å². The summed E-state index contributed by atoms with van der Waals surface area (Å²) < 4.78 is 0. The molecule has 0 aliphatic heterocycles. The van der Waals surface area contributed by atoms with Crippen molar-refractivity contribution in [3.63, 3.8) is 0 Å². The van der Waals surface area contributed by atoms with Crippen LogP contribution in [0.1, 0.15) is 24.4 Å². The zero-order valence-electron chi connectivity index (χ0n) is 9.05. The highest BCUT2D eigenvalue weighted by Crippen LogP contribution is 2.23. The highest BCUT2D eigenvalue weighted by atomic mass is 32.1. The van der Waals surface area contributed by atoms with Gasteiger partial charge in [0.15, 0.2) is 0 Å². The summed E-state index contributed by atoms with van der Waals surface area (Å²) in [5.74, 6) is 0.830. The molecule has 0 amide bonds. The molecule has 3 N–H and O–H groups in total. The van der Waals surface area contributed by atoms with Gasteiger partial charge in [0.25, 0.3) is 0 Å². The molecule has 1 unspecified atom stereocenters. The highest BCUT2D eigenvalue weighted by molar-refractivity contribution is 7.09. The van der Waals surface area contributed by atoms with Gasteiger partial charge in [-0.05, 0) is 18.6 Å². The first kappa shape index (κ1) is 10.9. The third-order valence-electron chi connectivity index (χ3n) is 2.27. The Morgan fingerprint density at radius 3 is 2.88 bits per heavy atom. The van der Waals surface area contributed by atoms with E-state index in [0.29, 0.717) is 5.69 Å². The number of hydrogen-bond donors (Lipinski definition) is 2. The predicted octanol–water partition coefficient (Wildman–Crippen LogP) is 2.68. The summed E-state index contributed by atoms with van der Waals surface area (Å²) >= 11 is 1.65. The normalized spacial score (nSPS) is 12.3. The molecule has 2 rings (SSSR count). The number of aromatic nitrogens is 2. The van der Waals surface area contributed by atoms with Gasteiger partial charge in [-0.1, -0.05) is 6.92 Å². The average molecular weight is 234 g/mol. The Labute approximate surface area is 98.6 Å². The minimum Gasteiger partial charge on any atom is -0.397 e. The van der Waals surface area contributed by atoms with Gasteiger partial charge in [0.05, 0.1) is 17.9 Å². The molecule has 1 atom stereocenters. The lowest BCUT2D eigenvalue weighted by Crippen LogP contribution is -2.10. The van der Waals surface area contributed by atoms with E-state index in [9.17, 15) is 0 Å². The van der Waals surface area contributed by atoms with E-state index >= 15 is 0 Å². The lowest BCUT2D eigenvalue weighted by molar-refractivity contribution is 0.737. The number of nitrogen functional groups attached to an aromatic ring is 1. The van der Waals surface area contributed by atoms with Crippen LogP contribution in [0.3, 0.4) is 0 Å². The maximum absolute atomic E-state index is 5.58. The van der Waals surface area contributed by atoms with Gasteiger partial charge >= 0.3 is 0 Å². The van der Waals surface area contributed by atoms with Crippen molar-refractivity contribution >= 4 is 22.8 Å². The average Bonchev–Trinajstić information content (AvgIpc) is 2.82. The minimum atomic E-state index is 0.219. The van der Waals surface area contributed by atoms with Crippen molar-refractivity contribution in [2.24, 2.45) is 0 Å². The van der Waals surface area contributed by atoms with Gasteiger partial charge in [0.2, 0.25) is 0 Å². The molecule has 84 valence electrons. The molecule has 16 heavy (non-hydrogen) atoms. The summed E-state index contributed by atoms with van der Waals surface area (Å²) in [6.45, 7) is 2.12. The first-order valence-electron chi connectivity index (χ1n) is 5.17. The number of anilines is 2. The molecule has 0 saturated heterocycles. The lowest BCUT2D eigenvalue weighted by Gasteiger charge is -2.14. The summed E-state index contributed by atoms with van der Waals surface area (Å²) in [5.41, 5.74) is 6.26. The summed E-state index contributed by atoms with van der Waals surface area (Å²) in [4.78, 5) is 8.52. The van der Waals surface area contributed by atoms with Gasteiger partial charge in [-0.3, -0.25) is 0 Å². The monoisotopic (exact) mass is 234 g/mol. The summed E-state index contributed by atoms with van der Waals surface area (Å²) in [7, 11) is 0. The van der Waals surface area contributed by atoms with Crippen LogP contribution in [0.5, 0.6) is 0 Å². The Morgan fingerprint density at radius 1 is 1.44 bits per heavy atom. The number of nitrogens with two attached hydrogens (primary N) is 1. The molecule has 2 aromatic heterocycles. The van der Waals surface area contributed by atoms with Crippen LogP contribution in [-0.4, -0.2) is 9.97 Å². The van der Waals surface area contributed by atoms with Gasteiger partial charge < -0.3 is 11.1 Å². The predicted molar refractivity (Wildman–Crippen MR) is 67.4 cm³/mol. The van der Waals surface area contributed by atoms with Crippen LogP contribution in [0, 0.1) is 0 Å². The SMILES string of the molecule is CCC(Nc1ccc(N)cn1)c1nccs1. The van der Waals surface area contributed by atoms with Gasteiger partial charge in [-0.2, -0.15) is 0 Å². The second-order valence-electron chi connectivity index (χ2n) is 3.45. The third kappa shape index (κ3) is 2.49. The molecule has 4 nitrogen and oxygen atoms in total. The van der Waals surface area contributed by atoms with E-state index in [1.165, 1.54) is 0 Å². The minimum absolute atomic E-state index is 0.219. The number of pyridine rings is 1. The van der Waals surface area contributed by atoms with Crippen molar-refractivity contribution in [3.8, 4) is 0 Å². The zero-order valence-corrected chi connectivity index (χ0v) is 9.87. The smallest absolute Gasteiger partial charge is 0.126 e. The lowest BCUT2D eigenvalue weighted by atomic mass is 10.2. The van der Waals surface area contributed by atoms with E-state index in [0.717, 1.165) is 17.2 Å². The first-order valence-corrected chi connectivity index (χ1v) is 6.05. The van der Waals surface area contributed by atoms with Crippen molar-refractivity contribution in [3.05, 3.63) is 34.9 Å². The van der Waals surface area contributed by atoms with Gasteiger partial charge in [0, 0.05) is 11.6 Å². The van der Waals surface area contributed by atoms with Crippen molar-refractivity contribution in [1.29, 1.82) is 0 Å². The highest BCUT2D eigenvalue weighted by Gasteiger charge is 2.11. The molecule has 2 heterocycles. The van der Waals surface area contributed by atoms with Crippen LogP contribution in [0.25, 0.3) is 0 Å². The zero-order chi connectivity index (χ0) is 11.4. The van der Waals surface area contributed by atoms with Gasteiger partial charge in [-0.25, -0.2) is 9.97 Å². The Balaban J connectivity index is 2.10. The van der Waals surface area contributed by atoms with E-state index in [4.69, 9.17) is 5.73 Å². The van der Waals surface area contributed by atoms with Crippen LogP contribution in [-0.2, 0) is 0 Å². The number of hydrogen-bond acceptors (Lipinski definition) is 5. The molecule has 0 aliphatic carbocycles. The van der Waals surface area contributed by atoms with Crippen molar-refractivity contribution in [2.75, 3.05) is 11.1 Å². The van der Waals surface area contributed by atoms with Crippen LogP contribution >= 0.6 is 11.3 Å². The molecule has 0 bridgehead atoms. The van der Waals surface area contributed by atoms with E-state index < -0.39 is 0 Å². The number of nitrogens with zero attached hydrogens (tertiary/aromatic N) is 2.